The Bertz CT molecular complexity index is 1140. The highest BCUT2D eigenvalue weighted by Gasteiger charge is 2.33. The molecule has 0 saturated heterocycles. The topological polar surface area (TPSA) is 106 Å². The number of nitrogens with zero attached hydrogens (tertiary/aromatic N) is 1. The van der Waals surface area contributed by atoms with Gasteiger partial charge in [-0.05, 0) is 36.4 Å². The Hall–Kier alpha value is -3.79. The molecule has 1 aromatic heterocycles. The highest BCUT2D eigenvalue weighted by Crippen LogP contribution is 2.36. The standard InChI is InChI=1S/C20H14ClF3N4O3/c21-16-5-4-12(9-15(16)20(22,23)24)28-19(30)27-11-2-1-3-13(8-11)31-14-6-7-26-17(10-14)18(25)29/h1-10H,(H2,25,29)(H2,27,28,30). The second-order valence-electron chi connectivity index (χ2n) is 6.14. The lowest BCUT2D eigenvalue weighted by Crippen LogP contribution is -2.20. The predicted molar refractivity (Wildman–Crippen MR) is 108 cm³/mol. The number of nitrogens with one attached hydrogen (secondary N) is 2. The lowest BCUT2D eigenvalue weighted by Gasteiger charge is -2.13. The molecule has 1 heterocycles. The first-order chi connectivity index (χ1) is 14.6. The molecule has 31 heavy (non-hydrogen) atoms. The summed E-state index contributed by atoms with van der Waals surface area (Å²) in [6, 6.07) is 11.3. The molecule has 3 amide bonds. The van der Waals surface area contributed by atoms with Gasteiger partial charge < -0.3 is 21.1 Å². The van der Waals surface area contributed by atoms with Crippen molar-refractivity contribution in [2.45, 2.75) is 6.18 Å². The lowest BCUT2D eigenvalue weighted by atomic mass is 10.2. The summed E-state index contributed by atoms with van der Waals surface area (Å²) in [6.45, 7) is 0. The van der Waals surface area contributed by atoms with Crippen molar-refractivity contribution in [2.24, 2.45) is 5.73 Å². The van der Waals surface area contributed by atoms with Crippen LogP contribution < -0.4 is 21.1 Å². The second-order valence-corrected chi connectivity index (χ2v) is 6.55. The minimum Gasteiger partial charge on any atom is -0.457 e. The molecule has 0 fully saturated rings. The van der Waals surface area contributed by atoms with E-state index in [0.717, 1.165) is 12.1 Å². The van der Waals surface area contributed by atoms with E-state index in [9.17, 15) is 22.8 Å². The number of alkyl halides is 3. The molecule has 4 N–H and O–H groups in total. The van der Waals surface area contributed by atoms with E-state index in [1.807, 2.05) is 0 Å². The van der Waals surface area contributed by atoms with Crippen LogP contribution in [0.25, 0.3) is 0 Å². The molecule has 2 aromatic carbocycles. The Morgan fingerprint density at radius 2 is 1.65 bits per heavy atom. The van der Waals surface area contributed by atoms with Gasteiger partial charge in [-0.15, -0.1) is 0 Å². The third kappa shape index (κ3) is 5.86. The van der Waals surface area contributed by atoms with Crippen LogP contribution in [-0.2, 0) is 6.18 Å². The van der Waals surface area contributed by atoms with Gasteiger partial charge in [-0.2, -0.15) is 13.2 Å². The maximum atomic E-state index is 12.9. The van der Waals surface area contributed by atoms with E-state index in [1.54, 1.807) is 18.2 Å². The van der Waals surface area contributed by atoms with Crippen LogP contribution in [0.2, 0.25) is 5.02 Å². The van der Waals surface area contributed by atoms with Crippen molar-refractivity contribution >= 4 is 34.9 Å². The molecule has 7 nitrogen and oxygen atoms in total. The number of rotatable bonds is 5. The van der Waals surface area contributed by atoms with E-state index in [2.05, 4.69) is 15.6 Å². The van der Waals surface area contributed by atoms with Gasteiger partial charge in [0.2, 0.25) is 0 Å². The predicted octanol–water partition coefficient (Wildman–Crippen LogP) is 5.29. The van der Waals surface area contributed by atoms with Crippen LogP contribution in [0.5, 0.6) is 11.5 Å². The highest BCUT2D eigenvalue weighted by molar-refractivity contribution is 6.31. The molecule has 11 heteroatoms. The zero-order valence-corrected chi connectivity index (χ0v) is 16.3. The number of amides is 3. The third-order valence-electron chi connectivity index (χ3n) is 3.84. The zero-order chi connectivity index (χ0) is 22.6. The number of halogens is 4. The van der Waals surface area contributed by atoms with Gasteiger partial charge in [0.1, 0.15) is 17.2 Å². The summed E-state index contributed by atoms with van der Waals surface area (Å²) in [5.41, 5.74) is 4.36. The normalized spacial score (nSPS) is 11.0. The van der Waals surface area contributed by atoms with Crippen LogP contribution in [0.4, 0.5) is 29.3 Å². The first-order valence-corrected chi connectivity index (χ1v) is 8.98. The average molecular weight is 451 g/mol. The summed E-state index contributed by atoms with van der Waals surface area (Å²) < 4.78 is 44.5. The molecular weight excluding hydrogens is 437 g/mol. The van der Waals surface area contributed by atoms with Crippen molar-refractivity contribution in [1.29, 1.82) is 0 Å². The van der Waals surface area contributed by atoms with Crippen LogP contribution in [0.1, 0.15) is 16.1 Å². The quantitative estimate of drug-likeness (QED) is 0.491. The number of carbonyl (C=O) groups is 2. The Balaban J connectivity index is 1.69. The number of anilines is 2. The largest absolute Gasteiger partial charge is 0.457 e. The van der Waals surface area contributed by atoms with Gasteiger partial charge in [-0.1, -0.05) is 17.7 Å². The second kappa shape index (κ2) is 8.92. The first kappa shape index (κ1) is 21.9. The van der Waals surface area contributed by atoms with Crippen molar-refractivity contribution in [1.82, 2.24) is 4.98 Å². The van der Waals surface area contributed by atoms with Crippen LogP contribution in [0.3, 0.4) is 0 Å². The fourth-order valence-corrected chi connectivity index (χ4v) is 2.72. The van der Waals surface area contributed by atoms with Crippen LogP contribution >= 0.6 is 11.6 Å². The smallest absolute Gasteiger partial charge is 0.417 e. The van der Waals surface area contributed by atoms with Crippen molar-refractivity contribution < 1.29 is 27.5 Å². The Morgan fingerprint density at radius 3 is 2.32 bits per heavy atom. The van der Waals surface area contributed by atoms with Gasteiger partial charge in [0.25, 0.3) is 5.91 Å². The molecule has 0 unspecified atom stereocenters. The van der Waals surface area contributed by atoms with Crippen LogP contribution in [-0.4, -0.2) is 16.9 Å². The number of benzene rings is 2. The van der Waals surface area contributed by atoms with Crippen LogP contribution in [0, 0.1) is 0 Å². The van der Waals surface area contributed by atoms with E-state index in [0.29, 0.717) is 17.2 Å². The molecule has 0 atom stereocenters. The third-order valence-corrected chi connectivity index (χ3v) is 4.17. The average Bonchev–Trinajstić information content (AvgIpc) is 2.69. The summed E-state index contributed by atoms with van der Waals surface area (Å²) in [4.78, 5) is 27.2. The number of hydrogen-bond donors (Lipinski definition) is 3. The van der Waals surface area contributed by atoms with Gasteiger partial charge in [-0.25, -0.2) is 4.79 Å². The number of primary amides is 1. The number of hydrogen-bond acceptors (Lipinski definition) is 4. The molecule has 0 aliphatic rings. The van der Waals surface area contributed by atoms with Crippen LogP contribution in [0.15, 0.2) is 60.8 Å². The Morgan fingerprint density at radius 1 is 0.968 bits per heavy atom. The summed E-state index contributed by atoms with van der Waals surface area (Å²) in [6.07, 6.45) is -3.30. The molecular formula is C20H14ClF3N4O3. The van der Waals surface area contributed by atoms with E-state index in [1.165, 1.54) is 30.5 Å². The SMILES string of the molecule is NC(=O)c1cc(Oc2cccc(NC(=O)Nc3ccc(Cl)c(C(F)(F)F)c3)c2)ccn1. The molecule has 0 aliphatic heterocycles. The van der Waals surface area contributed by atoms with Crippen molar-refractivity contribution in [3.63, 3.8) is 0 Å². The number of nitrogens with two attached hydrogens (primary N) is 1. The monoisotopic (exact) mass is 450 g/mol. The van der Waals surface area contributed by atoms with E-state index < -0.39 is 28.7 Å². The molecule has 0 bridgehead atoms. The molecule has 0 aliphatic carbocycles. The molecule has 160 valence electrons. The first-order valence-electron chi connectivity index (χ1n) is 8.60. The minimum atomic E-state index is -4.65. The van der Waals surface area contributed by atoms with Gasteiger partial charge in [-0.3, -0.25) is 9.78 Å². The fraction of sp³-hybridized carbons (Fsp3) is 0.0500. The summed E-state index contributed by atoms with van der Waals surface area (Å²) in [7, 11) is 0. The summed E-state index contributed by atoms with van der Waals surface area (Å²) in [5.74, 6) is -0.0927. The van der Waals surface area contributed by atoms with Crippen molar-refractivity contribution in [3.05, 3.63) is 77.1 Å². The van der Waals surface area contributed by atoms with Gasteiger partial charge in [0.15, 0.2) is 0 Å². The number of urea groups is 1. The number of carbonyl (C=O) groups excluding carboxylic acids is 2. The van der Waals surface area contributed by atoms with Gasteiger partial charge in [0, 0.05) is 29.7 Å². The fourth-order valence-electron chi connectivity index (χ4n) is 2.50. The number of ether oxygens (including phenoxy) is 1. The lowest BCUT2D eigenvalue weighted by molar-refractivity contribution is -0.137. The zero-order valence-electron chi connectivity index (χ0n) is 15.5. The number of pyridine rings is 1. The summed E-state index contributed by atoms with van der Waals surface area (Å²) in [5, 5.41) is 4.33. The number of aromatic nitrogens is 1. The maximum absolute atomic E-state index is 12.9. The maximum Gasteiger partial charge on any atom is 0.417 e. The Kier molecular flexibility index (Phi) is 6.30. The molecule has 3 rings (SSSR count). The van der Waals surface area contributed by atoms with Gasteiger partial charge in [0.05, 0.1) is 10.6 Å². The molecule has 3 aromatic rings. The summed E-state index contributed by atoms with van der Waals surface area (Å²) >= 11 is 5.57. The van der Waals surface area contributed by atoms with Crippen molar-refractivity contribution in [2.75, 3.05) is 10.6 Å². The van der Waals surface area contributed by atoms with E-state index in [-0.39, 0.29) is 11.4 Å². The highest BCUT2D eigenvalue weighted by atomic mass is 35.5. The minimum absolute atomic E-state index is 0.0207. The van der Waals surface area contributed by atoms with E-state index >= 15 is 0 Å². The Labute approximate surface area is 179 Å². The van der Waals surface area contributed by atoms with E-state index in [4.69, 9.17) is 22.1 Å². The van der Waals surface area contributed by atoms with Gasteiger partial charge >= 0.3 is 12.2 Å². The molecule has 0 spiro atoms. The molecule has 0 saturated carbocycles. The molecule has 0 radical (unpaired) electrons. The van der Waals surface area contributed by atoms with Crippen molar-refractivity contribution in [3.8, 4) is 11.5 Å².